The first kappa shape index (κ1) is 17.6. The first-order valence-electron chi connectivity index (χ1n) is 7.95. The number of nitrogens with one attached hydrogen (secondary N) is 2. The summed E-state index contributed by atoms with van der Waals surface area (Å²) >= 11 is 0. The molecular weight excluding hydrogens is 296 g/mol. The number of para-hydroxylation sites is 2. The van der Waals surface area contributed by atoms with Crippen molar-refractivity contribution in [2.75, 3.05) is 33.9 Å². The lowest BCUT2D eigenvalue weighted by molar-refractivity contribution is -0.147. The SMILES string of the molecule is COc1ccccc1OC(C)CNC(=O)C1(OC)CCNCC1. The highest BCUT2D eigenvalue weighted by atomic mass is 16.5. The molecule has 1 aliphatic rings. The van der Waals surface area contributed by atoms with Gasteiger partial charge in [0.2, 0.25) is 0 Å². The van der Waals surface area contributed by atoms with Crippen LogP contribution in [0.3, 0.4) is 0 Å². The molecule has 1 atom stereocenters. The fourth-order valence-corrected chi connectivity index (χ4v) is 2.73. The van der Waals surface area contributed by atoms with Crippen LogP contribution in [-0.4, -0.2) is 51.5 Å². The molecular formula is C17H26N2O4. The van der Waals surface area contributed by atoms with Crippen LogP contribution in [0, 0.1) is 0 Å². The molecule has 1 unspecified atom stereocenters. The van der Waals surface area contributed by atoms with Crippen molar-refractivity contribution in [3.8, 4) is 11.5 Å². The third-order valence-corrected chi connectivity index (χ3v) is 4.16. The molecule has 1 saturated heterocycles. The molecule has 1 aliphatic heterocycles. The van der Waals surface area contributed by atoms with Crippen molar-refractivity contribution in [2.24, 2.45) is 0 Å². The minimum atomic E-state index is -0.727. The van der Waals surface area contributed by atoms with Gasteiger partial charge in [0, 0.05) is 7.11 Å². The van der Waals surface area contributed by atoms with Crippen molar-refractivity contribution < 1.29 is 19.0 Å². The number of rotatable bonds is 7. The molecule has 0 aromatic heterocycles. The number of carbonyl (C=O) groups excluding carboxylic acids is 1. The van der Waals surface area contributed by atoms with Gasteiger partial charge in [0.25, 0.3) is 5.91 Å². The normalized spacial score (nSPS) is 18.0. The summed E-state index contributed by atoms with van der Waals surface area (Å²) in [7, 11) is 3.20. The minimum Gasteiger partial charge on any atom is -0.493 e. The van der Waals surface area contributed by atoms with E-state index >= 15 is 0 Å². The highest BCUT2D eigenvalue weighted by Crippen LogP contribution is 2.27. The van der Waals surface area contributed by atoms with E-state index in [1.165, 1.54) is 0 Å². The van der Waals surface area contributed by atoms with Crippen LogP contribution in [0.4, 0.5) is 0 Å². The summed E-state index contributed by atoms with van der Waals surface area (Å²) in [5.41, 5.74) is -0.727. The molecule has 128 valence electrons. The number of hydrogen-bond acceptors (Lipinski definition) is 5. The van der Waals surface area contributed by atoms with Gasteiger partial charge in [-0.3, -0.25) is 4.79 Å². The molecule has 0 bridgehead atoms. The van der Waals surface area contributed by atoms with E-state index < -0.39 is 5.60 Å². The lowest BCUT2D eigenvalue weighted by Gasteiger charge is -2.35. The smallest absolute Gasteiger partial charge is 0.252 e. The molecule has 0 aliphatic carbocycles. The van der Waals surface area contributed by atoms with Crippen molar-refractivity contribution in [2.45, 2.75) is 31.5 Å². The van der Waals surface area contributed by atoms with E-state index in [0.717, 1.165) is 13.1 Å². The fourth-order valence-electron chi connectivity index (χ4n) is 2.73. The zero-order valence-corrected chi connectivity index (χ0v) is 14.1. The van der Waals surface area contributed by atoms with Crippen LogP contribution in [0.15, 0.2) is 24.3 Å². The molecule has 1 fully saturated rings. The quantitative estimate of drug-likeness (QED) is 0.793. The number of benzene rings is 1. The summed E-state index contributed by atoms with van der Waals surface area (Å²) in [6, 6.07) is 7.46. The van der Waals surface area contributed by atoms with Crippen LogP contribution >= 0.6 is 0 Å². The van der Waals surface area contributed by atoms with Crippen molar-refractivity contribution in [3.05, 3.63) is 24.3 Å². The van der Waals surface area contributed by atoms with E-state index in [1.54, 1.807) is 14.2 Å². The first-order valence-corrected chi connectivity index (χ1v) is 7.95. The number of methoxy groups -OCH3 is 2. The largest absolute Gasteiger partial charge is 0.493 e. The molecule has 2 N–H and O–H groups in total. The Bertz CT molecular complexity index is 515. The summed E-state index contributed by atoms with van der Waals surface area (Å²) < 4.78 is 16.6. The third-order valence-electron chi connectivity index (χ3n) is 4.16. The van der Waals surface area contributed by atoms with Gasteiger partial charge in [0.15, 0.2) is 11.5 Å². The van der Waals surface area contributed by atoms with Gasteiger partial charge >= 0.3 is 0 Å². The Morgan fingerprint density at radius 1 is 1.26 bits per heavy atom. The summed E-state index contributed by atoms with van der Waals surface area (Å²) in [4.78, 5) is 12.5. The van der Waals surface area contributed by atoms with Crippen LogP contribution in [-0.2, 0) is 9.53 Å². The van der Waals surface area contributed by atoms with Crippen LogP contribution in [0.1, 0.15) is 19.8 Å². The number of amides is 1. The Kier molecular flexibility index (Phi) is 6.24. The number of hydrogen-bond donors (Lipinski definition) is 2. The molecule has 2 rings (SSSR count). The Labute approximate surface area is 137 Å². The Balaban J connectivity index is 1.88. The zero-order chi connectivity index (χ0) is 16.7. The monoisotopic (exact) mass is 322 g/mol. The topological polar surface area (TPSA) is 68.8 Å². The third kappa shape index (κ3) is 4.36. The van der Waals surface area contributed by atoms with Gasteiger partial charge in [-0.2, -0.15) is 0 Å². The molecule has 1 aromatic rings. The average Bonchev–Trinajstić information content (AvgIpc) is 2.60. The zero-order valence-electron chi connectivity index (χ0n) is 14.1. The maximum Gasteiger partial charge on any atom is 0.252 e. The van der Waals surface area contributed by atoms with E-state index in [-0.39, 0.29) is 12.0 Å². The molecule has 0 radical (unpaired) electrons. The molecule has 1 amide bonds. The van der Waals surface area contributed by atoms with E-state index in [0.29, 0.717) is 30.9 Å². The predicted octanol–water partition coefficient (Wildman–Crippen LogP) is 1.35. The summed E-state index contributed by atoms with van der Waals surface area (Å²) in [6.45, 7) is 3.90. The summed E-state index contributed by atoms with van der Waals surface area (Å²) in [5, 5.41) is 6.18. The molecule has 1 heterocycles. The highest BCUT2D eigenvalue weighted by molar-refractivity contribution is 5.85. The van der Waals surface area contributed by atoms with Crippen LogP contribution in [0.5, 0.6) is 11.5 Å². The first-order chi connectivity index (χ1) is 11.1. The van der Waals surface area contributed by atoms with E-state index in [9.17, 15) is 4.79 Å². The second kappa shape index (κ2) is 8.17. The number of piperidine rings is 1. The average molecular weight is 322 g/mol. The molecule has 0 spiro atoms. The van der Waals surface area contributed by atoms with Crippen molar-refractivity contribution in [1.82, 2.24) is 10.6 Å². The number of ether oxygens (including phenoxy) is 3. The maximum absolute atomic E-state index is 12.5. The van der Waals surface area contributed by atoms with Crippen molar-refractivity contribution in [3.63, 3.8) is 0 Å². The minimum absolute atomic E-state index is 0.0722. The van der Waals surface area contributed by atoms with E-state index in [4.69, 9.17) is 14.2 Å². The van der Waals surface area contributed by atoms with E-state index in [1.807, 2.05) is 31.2 Å². The number of carbonyl (C=O) groups is 1. The lowest BCUT2D eigenvalue weighted by Crippen LogP contribution is -2.55. The van der Waals surface area contributed by atoms with Crippen molar-refractivity contribution in [1.29, 1.82) is 0 Å². The Morgan fingerprint density at radius 3 is 2.52 bits per heavy atom. The maximum atomic E-state index is 12.5. The van der Waals surface area contributed by atoms with Gasteiger partial charge in [-0.25, -0.2) is 0 Å². The summed E-state index contributed by atoms with van der Waals surface area (Å²) in [5.74, 6) is 1.27. The van der Waals surface area contributed by atoms with Gasteiger partial charge in [0.05, 0.1) is 13.7 Å². The lowest BCUT2D eigenvalue weighted by atomic mass is 9.91. The molecule has 0 saturated carbocycles. The van der Waals surface area contributed by atoms with Crippen LogP contribution in [0.25, 0.3) is 0 Å². The van der Waals surface area contributed by atoms with Crippen LogP contribution < -0.4 is 20.1 Å². The van der Waals surface area contributed by atoms with Gasteiger partial charge in [-0.05, 0) is 45.0 Å². The van der Waals surface area contributed by atoms with Crippen LogP contribution in [0.2, 0.25) is 0 Å². The Morgan fingerprint density at radius 2 is 1.91 bits per heavy atom. The van der Waals surface area contributed by atoms with Gasteiger partial charge < -0.3 is 24.8 Å². The van der Waals surface area contributed by atoms with Crippen molar-refractivity contribution >= 4 is 5.91 Å². The standard InChI is InChI=1S/C17H26N2O4/c1-13(23-15-7-5-4-6-14(15)21-2)12-19-16(20)17(22-3)8-10-18-11-9-17/h4-7,13,18H,8-12H2,1-3H3,(H,19,20). The molecule has 23 heavy (non-hydrogen) atoms. The molecule has 6 nitrogen and oxygen atoms in total. The highest BCUT2D eigenvalue weighted by Gasteiger charge is 2.39. The van der Waals surface area contributed by atoms with Gasteiger partial charge in [-0.15, -0.1) is 0 Å². The van der Waals surface area contributed by atoms with E-state index in [2.05, 4.69) is 10.6 Å². The predicted molar refractivity (Wildman–Crippen MR) is 87.9 cm³/mol. The molecule has 6 heteroatoms. The second-order valence-corrected chi connectivity index (χ2v) is 5.74. The van der Waals surface area contributed by atoms with Gasteiger partial charge in [0.1, 0.15) is 11.7 Å². The fraction of sp³-hybridized carbons (Fsp3) is 0.588. The molecule has 1 aromatic carbocycles. The second-order valence-electron chi connectivity index (χ2n) is 5.74. The Hall–Kier alpha value is -1.79. The summed E-state index contributed by atoms with van der Waals surface area (Å²) in [6.07, 6.45) is 1.18. The van der Waals surface area contributed by atoms with Gasteiger partial charge in [-0.1, -0.05) is 12.1 Å².